The number of allylic oxidation sites excluding steroid dienone is 2. The summed E-state index contributed by atoms with van der Waals surface area (Å²) in [7, 11) is 0. The Balaban J connectivity index is 3.56. The molecule has 4 unspecified atom stereocenters. The van der Waals surface area contributed by atoms with Crippen molar-refractivity contribution in [3.63, 3.8) is 0 Å². The lowest BCUT2D eigenvalue weighted by Crippen LogP contribution is -2.53. The van der Waals surface area contributed by atoms with E-state index in [1.54, 1.807) is 0 Å². The first-order valence-electron chi connectivity index (χ1n) is 24.1. The summed E-state index contributed by atoms with van der Waals surface area (Å²) in [5.41, 5.74) is 0. The number of rotatable bonds is 44. The Kier molecular flexibility index (Phi) is 42.4. The maximum Gasteiger partial charge on any atom is 0.249 e. The third-order valence-electron chi connectivity index (χ3n) is 11.5. The molecule has 54 heavy (non-hydrogen) atoms. The first-order chi connectivity index (χ1) is 26.5. The van der Waals surface area contributed by atoms with Crippen LogP contribution < -0.4 is 5.32 Å². The summed E-state index contributed by atoms with van der Waals surface area (Å²) < 4.78 is 0. The molecule has 0 aromatic heterocycles. The van der Waals surface area contributed by atoms with Crippen LogP contribution in [0.15, 0.2) is 12.2 Å². The van der Waals surface area contributed by atoms with Crippen molar-refractivity contribution < 1.29 is 25.2 Å². The molecule has 0 bridgehead atoms. The highest BCUT2D eigenvalue weighted by Gasteiger charge is 2.28. The second-order valence-corrected chi connectivity index (χ2v) is 16.8. The first-order valence-corrected chi connectivity index (χ1v) is 24.1. The molecular formula is C48H95NO5. The largest absolute Gasteiger partial charge is 0.394 e. The van der Waals surface area contributed by atoms with Crippen LogP contribution in [0, 0.1) is 0 Å². The monoisotopic (exact) mass is 766 g/mol. The topological polar surface area (TPSA) is 110 Å². The summed E-state index contributed by atoms with van der Waals surface area (Å²) >= 11 is 0. The van der Waals surface area contributed by atoms with Gasteiger partial charge in [-0.15, -0.1) is 0 Å². The van der Waals surface area contributed by atoms with Gasteiger partial charge >= 0.3 is 0 Å². The minimum atomic E-state index is -1.28. The maximum atomic E-state index is 12.4. The minimum absolute atomic E-state index is 0.365. The van der Waals surface area contributed by atoms with Crippen LogP contribution in [0.1, 0.15) is 258 Å². The molecule has 0 radical (unpaired) electrons. The molecule has 0 aliphatic rings. The molecular weight excluding hydrogens is 671 g/mol. The number of nitrogens with one attached hydrogen (secondary N) is 1. The predicted molar refractivity (Wildman–Crippen MR) is 233 cm³/mol. The van der Waals surface area contributed by atoms with Crippen molar-refractivity contribution in [1.82, 2.24) is 5.32 Å². The fourth-order valence-corrected chi connectivity index (χ4v) is 7.64. The molecule has 0 rings (SSSR count). The molecule has 5 N–H and O–H groups in total. The fourth-order valence-electron chi connectivity index (χ4n) is 7.64. The van der Waals surface area contributed by atoms with Gasteiger partial charge in [0.25, 0.3) is 0 Å². The summed E-state index contributed by atoms with van der Waals surface area (Å²) in [4.78, 5) is 12.4. The highest BCUT2D eigenvalue weighted by molar-refractivity contribution is 5.80. The zero-order valence-corrected chi connectivity index (χ0v) is 36.2. The Hall–Kier alpha value is -0.950. The lowest BCUT2D eigenvalue weighted by Gasteiger charge is -2.27. The second kappa shape index (κ2) is 43.2. The van der Waals surface area contributed by atoms with Crippen molar-refractivity contribution in [3.05, 3.63) is 12.2 Å². The van der Waals surface area contributed by atoms with Crippen LogP contribution in [0.4, 0.5) is 0 Å². The third-order valence-corrected chi connectivity index (χ3v) is 11.5. The van der Waals surface area contributed by atoms with Gasteiger partial charge in [-0.05, 0) is 38.5 Å². The van der Waals surface area contributed by atoms with Crippen LogP contribution in [0.3, 0.4) is 0 Å². The average Bonchev–Trinajstić information content (AvgIpc) is 3.18. The Labute approximate surface area is 336 Å². The Morgan fingerprint density at radius 3 is 1.11 bits per heavy atom. The van der Waals surface area contributed by atoms with Crippen molar-refractivity contribution in [3.8, 4) is 0 Å². The number of unbranched alkanes of at least 4 members (excludes halogenated alkanes) is 33. The summed E-state index contributed by atoms with van der Waals surface area (Å²) in [6.07, 6.45) is 48.7. The van der Waals surface area contributed by atoms with Gasteiger partial charge in [0.05, 0.1) is 18.8 Å². The highest BCUT2D eigenvalue weighted by atomic mass is 16.3. The molecule has 322 valence electrons. The van der Waals surface area contributed by atoms with Gasteiger partial charge in [0.2, 0.25) is 5.91 Å². The van der Waals surface area contributed by atoms with E-state index < -0.39 is 36.9 Å². The molecule has 0 saturated heterocycles. The third kappa shape index (κ3) is 36.7. The highest BCUT2D eigenvalue weighted by Crippen LogP contribution is 2.17. The molecule has 0 saturated carbocycles. The van der Waals surface area contributed by atoms with Gasteiger partial charge in [-0.3, -0.25) is 4.79 Å². The fraction of sp³-hybridized carbons (Fsp3) is 0.938. The van der Waals surface area contributed by atoms with E-state index in [0.717, 1.165) is 38.5 Å². The quantitative estimate of drug-likeness (QED) is 0.0313. The van der Waals surface area contributed by atoms with Gasteiger partial charge in [0, 0.05) is 0 Å². The van der Waals surface area contributed by atoms with Crippen molar-refractivity contribution in [2.24, 2.45) is 0 Å². The van der Waals surface area contributed by atoms with E-state index in [1.807, 2.05) is 0 Å². The molecule has 0 aromatic carbocycles. The molecule has 0 heterocycles. The van der Waals surface area contributed by atoms with Crippen LogP contribution in [0.2, 0.25) is 0 Å². The predicted octanol–water partition coefficient (Wildman–Crippen LogP) is 13.0. The molecule has 6 nitrogen and oxygen atoms in total. The van der Waals surface area contributed by atoms with Crippen molar-refractivity contribution in [1.29, 1.82) is 0 Å². The molecule has 1 amide bonds. The Morgan fingerprint density at radius 1 is 0.444 bits per heavy atom. The van der Waals surface area contributed by atoms with E-state index in [1.165, 1.54) is 193 Å². The molecule has 6 heteroatoms. The van der Waals surface area contributed by atoms with Gasteiger partial charge in [-0.2, -0.15) is 0 Å². The van der Waals surface area contributed by atoms with Gasteiger partial charge in [0.1, 0.15) is 12.2 Å². The normalized spacial score (nSPS) is 14.1. The van der Waals surface area contributed by atoms with Crippen LogP contribution in [0.5, 0.6) is 0 Å². The first kappa shape index (κ1) is 53.0. The SMILES string of the molecule is CCCCCCCCCCCCCCCCCCCCCCCCCCC/C=C/CCCC(O)C(O)C(CO)NC(=O)C(O)CCCCCCCCCC. The summed E-state index contributed by atoms with van der Waals surface area (Å²) in [6, 6.07) is -0.996. The number of hydrogen-bond acceptors (Lipinski definition) is 5. The van der Waals surface area contributed by atoms with E-state index in [0.29, 0.717) is 12.8 Å². The number of carbonyl (C=O) groups excluding carboxylic acids is 1. The van der Waals surface area contributed by atoms with Crippen molar-refractivity contribution in [2.75, 3.05) is 6.61 Å². The van der Waals surface area contributed by atoms with Crippen LogP contribution in [-0.2, 0) is 4.79 Å². The molecule has 0 aliphatic carbocycles. The average molecular weight is 766 g/mol. The Morgan fingerprint density at radius 2 is 0.759 bits per heavy atom. The number of aliphatic hydroxyl groups excluding tert-OH is 4. The van der Waals surface area contributed by atoms with Crippen LogP contribution in [-0.4, -0.2) is 57.3 Å². The number of carbonyl (C=O) groups is 1. The number of amides is 1. The van der Waals surface area contributed by atoms with E-state index in [4.69, 9.17) is 0 Å². The minimum Gasteiger partial charge on any atom is -0.394 e. The number of hydrogen-bond donors (Lipinski definition) is 5. The van der Waals surface area contributed by atoms with E-state index in [2.05, 4.69) is 31.3 Å². The van der Waals surface area contributed by atoms with Gasteiger partial charge in [0.15, 0.2) is 0 Å². The van der Waals surface area contributed by atoms with Crippen LogP contribution >= 0.6 is 0 Å². The Bertz CT molecular complexity index is 776. The molecule has 0 spiro atoms. The molecule has 0 fully saturated rings. The van der Waals surface area contributed by atoms with Crippen molar-refractivity contribution >= 4 is 5.91 Å². The summed E-state index contributed by atoms with van der Waals surface area (Å²) in [6.45, 7) is 4.01. The van der Waals surface area contributed by atoms with E-state index in [9.17, 15) is 25.2 Å². The standard InChI is InChI=1S/C48H95NO5/c1-3-5-7-9-11-13-14-15-16-17-18-19-20-21-22-23-24-25-26-27-28-29-30-31-32-33-34-36-37-39-41-45(51)47(53)44(43-50)49-48(54)46(52)42-40-38-35-12-10-8-6-4-2/h34,36,44-47,50-53H,3-33,35,37-43H2,1-2H3,(H,49,54)/b36-34+. The van der Waals surface area contributed by atoms with Crippen LogP contribution in [0.25, 0.3) is 0 Å². The molecule has 4 atom stereocenters. The zero-order chi connectivity index (χ0) is 39.6. The lowest BCUT2D eigenvalue weighted by molar-refractivity contribution is -0.132. The van der Waals surface area contributed by atoms with E-state index in [-0.39, 0.29) is 0 Å². The van der Waals surface area contributed by atoms with Crippen molar-refractivity contribution in [2.45, 2.75) is 282 Å². The van der Waals surface area contributed by atoms with Gasteiger partial charge in [-0.1, -0.05) is 231 Å². The molecule has 0 aliphatic heterocycles. The smallest absolute Gasteiger partial charge is 0.249 e. The molecule has 0 aromatic rings. The maximum absolute atomic E-state index is 12.4. The zero-order valence-electron chi connectivity index (χ0n) is 36.2. The summed E-state index contributed by atoms with van der Waals surface area (Å²) in [5.74, 6) is -0.595. The van der Waals surface area contributed by atoms with Gasteiger partial charge < -0.3 is 25.7 Å². The second-order valence-electron chi connectivity index (χ2n) is 16.8. The summed E-state index contributed by atoms with van der Waals surface area (Å²) in [5, 5.41) is 43.5. The lowest BCUT2D eigenvalue weighted by atomic mass is 10.00. The van der Waals surface area contributed by atoms with Gasteiger partial charge in [-0.25, -0.2) is 0 Å². The van der Waals surface area contributed by atoms with E-state index >= 15 is 0 Å². The number of aliphatic hydroxyl groups is 4.